The molecular weight excluding hydrogens is 274 g/mol. The van der Waals surface area contributed by atoms with Crippen LogP contribution in [0.2, 0.25) is 0 Å². The number of piperidine rings is 1. The predicted octanol–water partition coefficient (Wildman–Crippen LogP) is 1.93. The molecule has 0 radical (unpaired) electrons. The molecule has 20 heavy (non-hydrogen) atoms. The quantitative estimate of drug-likeness (QED) is 0.834. The summed E-state index contributed by atoms with van der Waals surface area (Å²) in [4.78, 5) is 2.26. The van der Waals surface area contributed by atoms with Gasteiger partial charge in [-0.1, -0.05) is 20.3 Å². The lowest BCUT2D eigenvalue weighted by Gasteiger charge is -2.40. The van der Waals surface area contributed by atoms with Crippen molar-refractivity contribution in [1.82, 2.24) is 0 Å². The van der Waals surface area contributed by atoms with Crippen LogP contribution < -0.4 is 15.8 Å². The molecule has 1 aliphatic heterocycles. The Hall–Kier alpha value is -1.27. The normalized spacial score (nSPS) is 19.1. The summed E-state index contributed by atoms with van der Waals surface area (Å²) in [5.41, 5.74) is 7.45. The summed E-state index contributed by atoms with van der Waals surface area (Å²) >= 11 is 0. The third kappa shape index (κ3) is 3.24. The Kier molecular flexibility index (Phi) is 3.97. The molecule has 0 atom stereocenters. The summed E-state index contributed by atoms with van der Waals surface area (Å²) in [7, 11) is -3.72. The minimum absolute atomic E-state index is 0.0799. The van der Waals surface area contributed by atoms with Gasteiger partial charge in [-0.3, -0.25) is 0 Å². The highest BCUT2D eigenvalue weighted by Gasteiger charge is 2.28. The fourth-order valence-electron chi connectivity index (χ4n) is 2.61. The van der Waals surface area contributed by atoms with E-state index in [4.69, 9.17) is 10.9 Å². The zero-order valence-corrected chi connectivity index (χ0v) is 12.9. The van der Waals surface area contributed by atoms with Crippen LogP contribution in [0.3, 0.4) is 0 Å². The highest BCUT2D eigenvalue weighted by atomic mass is 32.2. The first kappa shape index (κ1) is 15.1. The van der Waals surface area contributed by atoms with Crippen LogP contribution in [0.5, 0.6) is 0 Å². The average molecular weight is 297 g/mol. The lowest BCUT2D eigenvalue weighted by Crippen LogP contribution is -2.38. The van der Waals surface area contributed by atoms with Crippen molar-refractivity contribution in [2.45, 2.75) is 38.0 Å². The Balaban J connectivity index is 2.25. The Morgan fingerprint density at radius 1 is 1.25 bits per heavy atom. The van der Waals surface area contributed by atoms with E-state index >= 15 is 0 Å². The molecule has 0 aromatic heterocycles. The molecular formula is C14H23N3O2S. The molecule has 0 amide bonds. The maximum atomic E-state index is 11.5. The molecule has 0 aliphatic carbocycles. The van der Waals surface area contributed by atoms with Gasteiger partial charge in [-0.2, -0.15) is 0 Å². The van der Waals surface area contributed by atoms with E-state index in [1.54, 1.807) is 6.07 Å². The van der Waals surface area contributed by atoms with Crippen molar-refractivity contribution < 1.29 is 8.42 Å². The van der Waals surface area contributed by atoms with Crippen LogP contribution in [0.15, 0.2) is 23.1 Å². The molecule has 4 N–H and O–H groups in total. The second-order valence-corrected chi connectivity index (χ2v) is 7.52. The number of hydrogen-bond acceptors (Lipinski definition) is 4. The van der Waals surface area contributed by atoms with Crippen LogP contribution in [0.4, 0.5) is 11.4 Å². The number of benzene rings is 1. The zero-order valence-electron chi connectivity index (χ0n) is 12.1. The van der Waals surface area contributed by atoms with Crippen LogP contribution in [-0.4, -0.2) is 21.5 Å². The van der Waals surface area contributed by atoms with Gasteiger partial charge in [0.25, 0.3) is 0 Å². The van der Waals surface area contributed by atoms with Gasteiger partial charge in [-0.15, -0.1) is 0 Å². The molecule has 0 unspecified atom stereocenters. The monoisotopic (exact) mass is 297 g/mol. The molecule has 1 saturated heterocycles. The van der Waals surface area contributed by atoms with E-state index in [0.717, 1.165) is 31.6 Å². The maximum Gasteiger partial charge on any atom is 0.238 e. The Bertz CT molecular complexity index is 590. The van der Waals surface area contributed by atoms with Crippen molar-refractivity contribution in [1.29, 1.82) is 0 Å². The number of hydrogen-bond donors (Lipinski definition) is 2. The van der Waals surface area contributed by atoms with E-state index in [2.05, 4.69) is 18.7 Å². The molecule has 1 heterocycles. The van der Waals surface area contributed by atoms with Crippen molar-refractivity contribution in [2.75, 3.05) is 23.7 Å². The molecule has 1 aromatic rings. The predicted molar refractivity (Wildman–Crippen MR) is 82.1 cm³/mol. The summed E-state index contributed by atoms with van der Waals surface area (Å²) in [5.74, 6) is 0. The Morgan fingerprint density at radius 3 is 2.35 bits per heavy atom. The molecule has 2 rings (SSSR count). The standard InChI is InChI=1S/C14H23N3O2S/c1-3-14(2)4-6-17(7-5-14)12-8-11(15)9-13(10-12)20(16,18)19/h8-10H,3-7,15H2,1-2H3,(H2,16,18,19). The molecule has 0 saturated carbocycles. The van der Waals surface area contributed by atoms with Crippen LogP contribution in [0.25, 0.3) is 0 Å². The molecule has 6 heteroatoms. The third-order valence-corrected chi connectivity index (χ3v) is 5.32. The minimum atomic E-state index is -3.72. The first-order valence-corrected chi connectivity index (χ1v) is 8.46. The number of nitrogens with two attached hydrogens (primary N) is 2. The van der Waals surface area contributed by atoms with Gasteiger partial charge in [-0.25, -0.2) is 13.6 Å². The second kappa shape index (κ2) is 5.26. The first-order chi connectivity index (χ1) is 9.23. The topological polar surface area (TPSA) is 89.4 Å². The number of nitrogen functional groups attached to an aromatic ring is 1. The number of primary sulfonamides is 1. The van der Waals surface area contributed by atoms with Gasteiger partial charge in [0.1, 0.15) is 0 Å². The molecule has 1 aromatic carbocycles. The molecule has 112 valence electrons. The first-order valence-electron chi connectivity index (χ1n) is 6.92. The van der Waals surface area contributed by atoms with E-state index in [1.807, 2.05) is 6.07 Å². The van der Waals surface area contributed by atoms with Crippen molar-refractivity contribution in [3.63, 3.8) is 0 Å². The smallest absolute Gasteiger partial charge is 0.238 e. The van der Waals surface area contributed by atoms with E-state index in [-0.39, 0.29) is 4.90 Å². The number of anilines is 2. The molecule has 1 aliphatic rings. The van der Waals surface area contributed by atoms with Gasteiger partial charge in [0.2, 0.25) is 10.0 Å². The summed E-state index contributed by atoms with van der Waals surface area (Å²) < 4.78 is 22.9. The molecule has 0 spiro atoms. The molecule has 5 nitrogen and oxygen atoms in total. The SMILES string of the molecule is CCC1(C)CCN(c2cc(N)cc(S(N)(=O)=O)c2)CC1. The van der Waals surface area contributed by atoms with Crippen LogP contribution in [0, 0.1) is 5.41 Å². The fraction of sp³-hybridized carbons (Fsp3) is 0.571. The fourth-order valence-corrected chi connectivity index (χ4v) is 3.20. The maximum absolute atomic E-state index is 11.5. The second-order valence-electron chi connectivity index (χ2n) is 5.96. The highest BCUT2D eigenvalue weighted by molar-refractivity contribution is 7.89. The van der Waals surface area contributed by atoms with Crippen molar-refractivity contribution in [3.8, 4) is 0 Å². The number of nitrogens with zero attached hydrogens (tertiary/aromatic N) is 1. The summed E-state index contributed by atoms with van der Waals surface area (Å²) in [6.45, 7) is 6.35. The van der Waals surface area contributed by atoms with Crippen molar-refractivity contribution >= 4 is 21.4 Å². The van der Waals surface area contributed by atoms with Crippen molar-refractivity contribution in [3.05, 3.63) is 18.2 Å². The third-order valence-electron chi connectivity index (χ3n) is 4.43. The zero-order chi connectivity index (χ0) is 15.0. The summed E-state index contributed by atoms with van der Waals surface area (Å²) in [6.07, 6.45) is 3.37. The molecule has 1 fully saturated rings. The molecule has 0 bridgehead atoms. The van der Waals surface area contributed by atoms with Gasteiger partial charge in [-0.05, 0) is 36.5 Å². The van der Waals surface area contributed by atoms with Crippen molar-refractivity contribution in [2.24, 2.45) is 10.6 Å². The largest absolute Gasteiger partial charge is 0.399 e. The van der Waals surface area contributed by atoms with E-state index < -0.39 is 10.0 Å². The highest BCUT2D eigenvalue weighted by Crippen LogP contribution is 2.36. The number of sulfonamides is 1. The van der Waals surface area contributed by atoms with Crippen LogP contribution >= 0.6 is 0 Å². The minimum Gasteiger partial charge on any atom is -0.399 e. The van der Waals surface area contributed by atoms with Crippen LogP contribution in [-0.2, 0) is 10.0 Å². The van der Waals surface area contributed by atoms with Gasteiger partial charge in [0.15, 0.2) is 0 Å². The van der Waals surface area contributed by atoms with E-state index in [1.165, 1.54) is 12.5 Å². The van der Waals surface area contributed by atoms with Gasteiger partial charge in [0.05, 0.1) is 4.90 Å². The van der Waals surface area contributed by atoms with E-state index in [9.17, 15) is 8.42 Å². The van der Waals surface area contributed by atoms with Gasteiger partial charge < -0.3 is 10.6 Å². The van der Waals surface area contributed by atoms with E-state index in [0.29, 0.717) is 11.1 Å². The van der Waals surface area contributed by atoms with Crippen LogP contribution in [0.1, 0.15) is 33.1 Å². The lowest BCUT2D eigenvalue weighted by atomic mass is 9.78. The van der Waals surface area contributed by atoms with Gasteiger partial charge >= 0.3 is 0 Å². The lowest BCUT2D eigenvalue weighted by molar-refractivity contribution is 0.238. The summed E-state index contributed by atoms with van der Waals surface area (Å²) in [6, 6.07) is 4.82. The average Bonchev–Trinajstić information content (AvgIpc) is 2.38. The van der Waals surface area contributed by atoms with Gasteiger partial charge in [0, 0.05) is 24.5 Å². The number of rotatable bonds is 3. The Morgan fingerprint density at radius 2 is 1.85 bits per heavy atom. The summed E-state index contributed by atoms with van der Waals surface area (Å²) in [5, 5.41) is 5.19. The Labute approximate surface area is 121 Å².